The summed E-state index contributed by atoms with van der Waals surface area (Å²) in [6.07, 6.45) is 7.40. The molecule has 0 bridgehead atoms. The van der Waals surface area contributed by atoms with Crippen molar-refractivity contribution in [1.82, 2.24) is 9.38 Å². The minimum absolute atomic E-state index is 1.16. The van der Waals surface area contributed by atoms with Crippen LogP contribution >= 0.6 is 11.3 Å². The zero-order valence-corrected chi connectivity index (χ0v) is 12.2. The van der Waals surface area contributed by atoms with E-state index in [1.54, 1.807) is 10.6 Å². The van der Waals surface area contributed by atoms with Crippen molar-refractivity contribution in [2.75, 3.05) is 0 Å². The minimum atomic E-state index is 1.16. The van der Waals surface area contributed by atoms with Gasteiger partial charge in [0.2, 0.25) is 0 Å². The van der Waals surface area contributed by atoms with Crippen molar-refractivity contribution in [3.05, 3.63) is 46.1 Å². The summed E-state index contributed by atoms with van der Waals surface area (Å²) in [6, 6.07) is 8.81. The number of imidazole rings is 1. The number of nitrogens with zero attached hydrogens (tertiary/aromatic N) is 2. The number of hydrogen-bond acceptors (Lipinski definition) is 2. The average Bonchev–Trinajstić information content (AvgIpc) is 3.08. The van der Waals surface area contributed by atoms with Gasteiger partial charge in [0.25, 0.3) is 0 Å². The van der Waals surface area contributed by atoms with Crippen LogP contribution in [-0.4, -0.2) is 9.38 Å². The van der Waals surface area contributed by atoms with E-state index in [9.17, 15) is 0 Å². The molecule has 0 amide bonds. The Morgan fingerprint density at radius 1 is 0.950 bits per heavy atom. The fraction of sp³-hybridized carbons (Fsp3) is 0.353. The Bertz CT molecular complexity index is 825. The van der Waals surface area contributed by atoms with Gasteiger partial charge in [-0.25, -0.2) is 4.98 Å². The zero-order chi connectivity index (χ0) is 13.1. The van der Waals surface area contributed by atoms with Gasteiger partial charge in [-0.05, 0) is 44.1 Å². The zero-order valence-electron chi connectivity index (χ0n) is 11.4. The summed E-state index contributed by atoms with van der Waals surface area (Å²) in [5.41, 5.74) is 7.10. The second kappa shape index (κ2) is 3.95. The van der Waals surface area contributed by atoms with E-state index in [-0.39, 0.29) is 0 Å². The number of rotatable bonds is 0. The molecule has 20 heavy (non-hydrogen) atoms. The van der Waals surface area contributed by atoms with E-state index in [0.29, 0.717) is 0 Å². The summed E-state index contributed by atoms with van der Waals surface area (Å²) >= 11 is 1.91. The molecule has 0 aliphatic heterocycles. The van der Waals surface area contributed by atoms with E-state index >= 15 is 0 Å². The van der Waals surface area contributed by atoms with Crippen molar-refractivity contribution >= 4 is 16.3 Å². The van der Waals surface area contributed by atoms with Crippen molar-refractivity contribution in [3.8, 4) is 11.3 Å². The number of fused-ring (bicyclic) bond motifs is 7. The molecule has 0 unspecified atom stereocenters. The number of thiazole rings is 1. The normalized spacial score (nSPS) is 16.8. The molecular weight excluding hydrogens is 264 g/mol. The molecule has 0 saturated heterocycles. The molecule has 2 aliphatic carbocycles. The third-order valence-electron chi connectivity index (χ3n) is 4.70. The Balaban J connectivity index is 1.85. The van der Waals surface area contributed by atoms with Crippen LogP contribution in [0.25, 0.3) is 16.2 Å². The summed E-state index contributed by atoms with van der Waals surface area (Å²) in [5.74, 6) is 0. The van der Waals surface area contributed by atoms with Gasteiger partial charge in [0.1, 0.15) is 0 Å². The molecule has 2 aliphatic rings. The van der Waals surface area contributed by atoms with Crippen molar-refractivity contribution in [1.29, 1.82) is 0 Å². The molecule has 2 aromatic heterocycles. The number of aromatic nitrogens is 2. The summed E-state index contributed by atoms with van der Waals surface area (Å²) in [6.45, 7) is 0. The fourth-order valence-electron chi connectivity index (χ4n) is 3.80. The summed E-state index contributed by atoms with van der Waals surface area (Å²) in [5, 5.41) is 0. The van der Waals surface area contributed by atoms with Gasteiger partial charge in [0.15, 0.2) is 4.96 Å². The van der Waals surface area contributed by atoms with Crippen molar-refractivity contribution < 1.29 is 0 Å². The molecule has 0 radical (unpaired) electrons. The maximum absolute atomic E-state index is 5.00. The molecule has 0 saturated carbocycles. The smallest absolute Gasteiger partial charge is 0.194 e. The molecule has 0 atom stereocenters. The van der Waals surface area contributed by atoms with E-state index in [4.69, 9.17) is 4.98 Å². The molecule has 1 aromatic carbocycles. The lowest BCUT2D eigenvalue weighted by Gasteiger charge is -2.04. The minimum Gasteiger partial charge on any atom is -0.291 e. The van der Waals surface area contributed by atoms with E-state index in [0.717, 1.165) is 6.42 Å². The van der Waals surface area contributed by atoms with Crippen LogP contribution in [0.2, 0.25) is 0 Å². The van der Waals surface area contributed by atoms with Gasteiger partial charge in [0.05, 0.1) is 11.4 Å². The summed E-state index contributed by atoms with van der Waals surface area (Å²) in [4.78, 5) is 7.79. The lowest BCUT2D eigenvalue weighted by atomic mass is 10.0. The Kier molecular flexibility index (Phi) is 2.19. The molecule has 100 valence electrons. The molecule has 2 heterocycles. The monoisotopic (exact) mass is 280 g/mol. The van der Waals surface area contributed by atoms with E-state index in [2.05, 4.69) is 28.7 Å². The van der Waals surface area contributed by atoms with E-state index in [1.807, 2.05) is 11.3 Å². The number of aryl methyl sites for hydroxylation is 4. The lowest BCUT2D eigenvalue weighted by molar-refractivity contribution is 0.793. The first-order chi connectivity index (χ1) is 9.92. The second-order valence-electron chi connectivity index (χ2n) is 5.86. The van der Waals surface area contributed by atoms with Gasteiger partial charge in [-0.1, -0.05) is 24.3 Å². The number of hydrogen-bond donors (Lipinski definition) is 0. The van der Waals surface area contributed by atoms with Gasteiger partial charge >= 0.3 is 0 Å². The van der Waals surface area contributed by atoms with E-state index < -0.39 is 0 Å². The SMILES string of the molecule is c1ccc2c(c1)CCCc1c-2nc2sc3c(n12)CCC3. The van der Waals surface area contributed by atoms with Crippen LogP contribution in [0.4, 0.5) is 0 Å². The van der Waals surface area contributed by atoms with Crippen LogP contribution in [-0.2, 0) is 25.7 Å². The maximum Gasteiger partial charge on any atom is 0.194 e. The van der Waals surface area contributed by atoms with Gasteiger partial charge in [-0.3, -0.25) is 4.40 Å². The first-order valence-corrected chi connectivity index (χ1v) is 8.33. The van der Waals surface area contributed by atoms with Crippen molar-refractivity contribution in [2.24, 2.45) is 0 Å². The van der Waals surface area contributed by atoms with Gasteiger partial charge in [-0.2, -0.15) is 0 Å². The standard InChI is InChI=1S/C17H16N2S/c1-2-7-12-11(5-1)6-3-9-14-16(12)18-17-19(14)13-8-4-10-15(13)20-17/h1-2,5,7H,3-4,6,8-10H2. The lowest BCUT2D eigenvalue weighted by Crippen LogP contribution is -1.96. The molecular formula is C17H16N2S. The fourth-order valence-corrected chi connectivity index (χ4v) is 5.02. The van der Waals surface area contributed by atoms with Crippen LogP contribution in [0.15, 0.2) is 24.3 Å². The third kappa shape index (κ3) is 1.36. The van der Waals surface area contributed by atoms with E-state index in [1.165, 1.54) is 59.6 Å². The Morgan fingerprint density at radius 2 is 1.80 bits per heavy atom. The average molecular weight is 280 g/mol. The molecule has 0 N–H and O–H groups in total. The first kappa shape index (κ1) is 11.1. The molecule has 0 fully saturated rings. The van der Waals surface area contributed by atoms with Crippen LogP contribution in [0.1, 0.15) is 34.7 Å². The highest BCUT2D eigenvalue weighted by Gasteiger charge is 2.25. The summed E-state index contributed by atoms with van der Waals surface area (Å²) in [7, 11) is 0. The molecule has 3 heteroatoms. The Hall–Kier alpha value is -1.61. The van der Waals surface area contributed by atoms with Crippen LogP contribution in [0.5, 0.6) is 0 Å². The quantitative estimate of drug-likeness (QED) is 0.607. The van der Waals surface area contributed by atoms with Crippen molar-refractivity contribution in [2.45, 2.75) is 38.5 Å². The molecule has 3 aromatic rings. The molecule has 0 spiro atoms. The Labute approximate surface area is 122 Å². The van der Waals surface area contributed by atoms with Crippen LogP contribution in [0.3, 0.4) is 0 Å². The second-order valence-corrected chi connectivity index (χ2v) is 6.92. The highest BCUT2D eigenvalue weighted by Crippen LogP contribution is 2.38. The topological polar surface area (TPSA) is 17.3 Å². The predicted molar refractivity (Wildman–Crippen MR) is 82.6 cm³/mol. The first-order valence-electron chi connectivity index (χ1n) is 7.52. The maximum atomic E-state index is 5.00. The predicted octanol–water partition coefficient (Wildman–Crippen LogP) is 4.04. The van der Waals surface area contributed by atoms with Crippen molar-refractivity contribution in [3.63, 3.8) is 0 Å². The third-order valence-corrected chi connectivity index (χ3v) is 5.84. The highest BCUT2D eigenvalue weighted by molar-refractivity contribution is 7.17. The van der Waals surface area contributed by atoms with Gasteiger partial charge in [-0.15, -0.1) is 11.3 Å². The van der Waals surface area contributed by atoms with Gasteiger partial charge < -0.3 is 0 Å². The van der Waals surface area contributed by atoms with Crippen LogP contribution < -0.4 is 0 Å². The number of benzene rings is 1. The molecule has 5 rings (SSSR count). The highest BCUT2D eigenvalue weighted by atomic mass is 32.1. The largest absolute Gasteiger partial charge is 0.291 e. The van der Waals surface area contributed by atoms with Gasteiger partial charge in [0, 0.05) is 16.1 Å². The summed E-state index contributed by atoms with van der Waals surface area (Å²) < 4.78 is 2.49. The Morgan fingerprint density at radius 3 is 2.80 bits per heavy atom. The molecule has 2 nitrogen and oxygen atoms in total. The van der Waals surface area contributed by atoms with Crippen LogP contribution in [0, 0.1) is 0 Å².